The molecule has 1 saturated heterocycles. The van der Waals surface area contributed by atoms with E-state index in [1.165, 1.54) is 12.1 Å². The number of benzene rings is 1. The third-order valence-corrected chi connectivity index (χ3v) is 4.15. The standard InChI is InChI=1S/C15H18F3NO2/c1-10(19-8-6-12(7-9-19)14(20)21)11-2-4-13(5-3-11)15(16,17)18/h2-5,10,12H,6-9H2,1H3,(H,20,21). The van der Waals surface area contributed by atoms with Crippen molar-refractivity contribution in [2.75, 3.05) is 13.1 Å². The second-order valence-corrected chi connectivity index (χ2v) is 5.44. The predicted molar refractivity (Wildman–Crippen MR) is 71.8 cm³/mol. The number of nitrogens with zero attached hydrogens (tertiary/aromatic N) is 1. The van der Waals surface area contributed by atoms with Crippen LogP contribution in [0.25, 0.3) is 0 Å². The predicted octanol–water partition coefficient (Wildman–Crippen LogP) is 3.56. The van der Waals surface area contributed by atoms with Crippen molar-refractivity contribution >= 4 is 5.97 Å². The van der Waals surface area contributed by atoms with Gasteiger partial charge in [0.2, 0.25) is 0 Å². The van der Waals surface area contributed by atoms with E-state index in [2.05, 4.69) is 4.90 Å². The largest absolute Gasteiger partial charge is 0.481 e. The minimum atomic E-state index is -4.32. The lowest BCUT2D eigenvalue weighted by atomic mass is 9.94. The minimum absolute atomic E-state index is 0.0120. The molecule has 0 amide bonds. The number of rotatable bonds is 3. The Bertz CT molecular complexity index is 491. The van der Waals surface area contributed by atoms with Crippen molar-refractivity contribution in [3.05, 3.63) is 35.4 Å². The van der Waals surface area contributed by atoms with Crippen LogP contribution in [0.5, 0.6) is 0 Å². The lowest BCUT2D eigenvalue weighted by Crippen LogP contribution is -2.37. The number of halogens is 3. The summed E-state index contributed by atoms with van der Waals surface area (Å²) in [5.41, 5.74) is 0.166. The normalized spacial score (nSPS) is 19.4. The molecule has 21 heavy (non-hydrogen) atoms. The number of carboxylic acids is 1. The molecule has 6 heteroatoms. The first-order chi connectivity index (χ1) is 9.79. The van der Waals surface area contributed by atoms with Gasteiger partial charge in [-0.25, -0.2) is 0 Å². The Morgan fingerprint density at radius 1 is 1.24 bits per heavy atom. The maximum absolute atomic E-state index is 12.5. The average molecular weight is 301 g/mol. The molecular weight excluding hydrogens is 283 g/mol. The minimum Gasteiger partial charge on any atom is -0.481 e. The Labute approximate surface area is 121 Å². The lowest BCUT2D eigenvalue weighted by Gasteiger charge is -2.35. The number of piperidine rings is 1. The van der Waals surface area contributed by atoms with Crippen molar-refractivity contribution in [1.29, 1.82) is 0 Å². The van der Waals surface area contributed by atoms with Gasteiger partial charge in [-0.3, -0.25) is 9.69 Å². The van der Waals surface area contributed by atoms with Gasteiger partial charge in [-0.15, -0.1) is 0 Å². The highest BCUT2D eigenvalue weighted by molar-refractivity contribution is 5.70. The fourth-order valence-corrected chi connectivity index (χ4v) is 2.70. The molecule has 0 aromatic heterocycles. The highest BCUT2D eigenvalue weighted by Crippen LogP contribution is 2.31. The highest BCUT2D eigenvalue weighted by Gasteiger charge is 2.31. The summed E-state index contributed by atoms with van der Waals surface area (Å²) < 4.78 is 37.6. The van der Waals surface area contributed by atoms with Crippen LogP contribution in [-0.4, -0.2) is 29.1 Å². The number of hydrogen-bond acceptors (Lipinski definition) is 2. The van der Waals surface area contributed by atoms with Crippen molar-refractivity contribution < 1.29 is 23.1 Å². The molecule has 0 saturated carbocycles. The first-order valence-electron chi connectivity index (χ1n) is 6.93. The van der Waals surface area contributed by atoms with Gasteiger partial charge in [0.1, 0.15) is 0 Å². The summed E-state index contributed by atoms with van der Waals surface area (Å²) in [4.78, 5) is 13.0. The molecule has 1 unspecified atom stereocenters. The van der Waals surface area contributed by atoms with Crippen LogP contribution in [0.2, 0.25) is 0 Å². The second-order valence-electron chi connectivity index (χ2n) is 5.44. The van der Waals surface area contributed by atoms with Crippen LogP contribution < -0.4 is 0 Å². The summed E-state index contributed by atoms with van der Waals surface area (Å²) in [7, 11) is 0. The number of hydrogen-bond donors (Lipinski definition) is 1. The van der Waals surface area contributed by atoms with Crippen LogP contribution in [-0.2, 0) is 11.0 Å². The van der Waals surface area contributed by atoms with Crippen LogP contribution in [0.3, 0.4) is 0 Å². The Kier molecular flexibility index (Phi) is 4.56. The number of carbonyl (C=O) groups is 1. The van der Waals surface area contributed by atoms with E-state index in [0.29, 0.717) is 25.9 Å². The summed E-state index contributed by atoms with van der Waals surface area (Å²) in [6.07, 6.45) is -3.15. The van der Waals surface area contributed by atoms with Crippen molar-refractivity contribution in [2.24, 2.45) is 5.92 Å². The van der Waals surface area contributed by atoms with Crippen LogP contribution in [0.1, 0.15) is 36.9 Å². The van der Waals surface area contributed by atoms with Gasteiger partial charge >= 0.3 is 12.1 Å². The molecule has 3 nitrogen and oxygen atoms in total. The molecule has 2 rings (SSSR count). The Balaban J connectivity index is 2.01. The first-order valence-corrected chi connectivity index (χ1v) is 6.93. The smallest absolute Gasteiger partial charge is 0.416 e. The summed E-state index contributed by atoms with van der Waals surface area (Å²) >= 11 is 0. The van der Waals surface area contributed by atoms with E-state index in [9.17, 15) is 18.0 Å². The molecule has 1 N–H and O–H groups in total. The molecule has 0 spiro atoms. The van der Waals surface area contributed by atoms with E-state index in [1.54, 1.807) is 0 Å². The van der Waals surface area contributed by atoms with Gasteiger partial charge in [0.15, 0.2) is 0 Å². The van der Waals surface area contributed by atoms with Gasteiger partial charge in [0.05, 0.1) is 11.5 Å². The third-order valence-electron chi connectivity index (χ3n) is 4.15. The zero-order valence-electron chi connectivity index (χ0n) is 11.7. The zero-order chi connectivity index (χ0) is 15.6. The van der Waals surface area contributed by atoms with E-state index in [0.717, 1.165) is 17.7 Å². The molecule has 1 fully saturated rings. The van der Waals surface area contributed by atoms with Crippen molar-refractivity contribution in [1.82, 2.24) is 4.90 Å². The average Bonchev–Trinajstić information content (AvgIpc) is 2.46. The van der Waals surface area contributed by atoms with Crippen molar-refractivity contribution in [2.45, 2.75) is 32.0 Å². The quantitative estimate of drug-likeness (QED) is 0.928. The first kappa shape index (κ1) is 15.8. The van der Waals surface area contributed by atoms with Crippen LogP contribution in [0.4, 0.5) is 13.2 Å². The Morgan fingerprint density at radius 3 is 2.19 bits per heavy atom. The molecule has 1 aromatic rings. The summed E-state index contributed by atoms with van der Waals surface area (Å²) in [6, 6.07) is 5.17. The van der Waals surface area contributed by atoms with E-state index in [-0.39, 0.29) is 12.0 Å². The maximum atomic E-state index is 12.5. The van der Waals surface area contributed by atoms with Crippen LogP contribution in [0, 0.1) is 5.92 Å². The number of alkyl halides is 3. The molecule has 1 aliphatic heterocycles. The zero-order valence-corrected chi connectivity index (χ0v) is 11.7. The van der Waals surface area contributed by atoms with Gasteiger partial charge in [0.25, 0.3) is 0 Å². The highest BCUT2D eigenvalue weighted by atomic mass is 19.4. The van der Waals surface area contributed by atoms with E-state index < -0.39 is 17.7 Å². The molecule has 1 heterocycles. The van der Waals surface area contributed by atoms with E-state index in [1.807, 2.05) is 6.92 Å². The SMILES string of the molecule is CC(c1ccc(C(F)(F)F)cc1)N1CCC(C(=O)O)CC1. The molecule has 1 aromatic carbocycles. The lowest BCUT2D eigenvalue weighted by molar-refractivity contribution is -0.143. The third kappa shape index (κ3) is 3.75. The summed E-state index contributed by atoms with van der Waals surface area (Å²) in [6.45, 7) is 3.24. The topological polar surface area (TPSA) is 40.5 Å². The van der Waals surface area contributed by atoms with E-state index >= 15 is 0 Å². The molecular formula is C15H18F3NO2. The van der Waals surface area contributed by atoms with E-state index in [4.69, 9.17) is 5.11 Å². The fourth-order valence-electron chi connectivity index (χ4n) is 2.70. The monoisotopic (exact) mass is 301 g/mol. The Hall–Kier alpha value is -1.56. The molecule has 1 aliphatic rings. The second kappa shape index (κ2) is 6.05. The molecule has 1 atom stereocenters. The maximum Gasteiger partial charge on any atom is 0.416 e. The number of carboxylic acid groups (broad SMARTS) is 1. The van der Waals surface area contributed by atoms with Gasteiger partial charge in [-0.2, -0.15) is 13.2 Å². The number of aliphatic carboxylic acids is 1. The summed E-state index contributed by atoms with van der Waals surface area (Å²) in [5.74, 6) is -1.07. The fraction of sp³-hybridized carbons (Fsp3) is 0.533. The van der Waals surface area contributed by atoms with Gasteiger partial charge in [0, 0.05) is 6.04 Å². The van der Waals surface area contributed by atoms with Gasteiger partial charge in [-0.1, -0.05) is 12.1 Å². The van der Waals surface area contributed by atoms with Crippen molar-refractivity contribution in [3.63, 3.8) is 0 Å². The van der Waals surface area contributed by atoms with Crippen molar-refractivity contribution in [3.8, 4) is 0 Å². The summed E-state index contributed by atoms with van der Waals surface area (Å²) in [5, 5.41) is 8.96. The molecule has 0 bridgehead atoms. The van der Waals surface area contributed by atoms with Gasteiger partial charge < -0.3 is 5.11 Å². The molecule has 0 radical (unpaired) electrons. The van der Waals surface area contributed by atoms with Gasteiger partial charge in [-0.05, 0) is 50.6 Å². The number of likely N-dealkylation sites (tertiary alicyclic amines) is 1. The van der Waals surface area contributed by atoms with Crippen LogP contribution >= 0.6 is 0 Å². The molecule has 0 aliphatic carbocycles. The van der Waals surface area contributed by atoms with Crippen LogP contribution in [0.15, 0.2) is 24.3 Å². The Morgan fingerprint density at radius 2 is 1.76 bits per heavy atom. The molecule has 116 valence electrons.